The minimum atomic E-state index is -0.234. The molecular weight excluding hydrogens is 348 g/mol. The van der Waals surface area contributed by atoms with E-state index in [0.717, 1.165) is 17.0 Å². The number of para-hydroxylation sites is 1. The van der Waals surface area contributed by atoms with E-state index < -0.39 is 0 Å². The van der Waals surface area contributed by atoms with Gasteiger partial charge in [-0.05, 0) is 61.0 Å². The van der Waals surface area contributed by atoms with Crippen LogP contribution in [0.15, 0.2) is 71.7 Å². The molecule has 0 radical (unpaired) electrons. The molecule has 3 aromatic rings. The summed E-state index contributed by atoms with van der Waals surface area (Å²) in [5, 5.41) is 3.36. The van der Waals surface area contributed by atoms with Crippen LogP contribution in [0.25, 0.3) is 0 Å². The van der Waals surface area contributed by atoms with Crippen LogP contribution in [0.2, 0.25) is 5.02 Å². The van der Waals surface area contributed by atoms with Crippen molar-refractivity contribution in [2.75, 3.05) is 5.32 Å². The number of nitrogens with one attached hydrogen (secondary N) is 1. The molecule has 1 amide bonds. The van der Waals surface area contributed by atoms with Crippen LogP contribution in [0.4, 0.5) is 11.4 Å². The molecule has 0 aromatic heterocycles. The molecule has 1 N–H and O–H groups in total. The molecular formula is C21H15ClN2O2. The van der Waals surface area contributed by atoms with E-state index >= 15 is 0 Å². The average molecular weight is 363 g/mol. The van der Waals surface area contributed by atoms with E-state index in [1.165, 1.54) is 0 Å². The van der Waals surface area contributed by atoms with Crippen LogP contribution in [-0.4, -0.2) is 11.6 Å². The molecule has 128 valence electrons. The van der Waals surface area contributed by atoms with Gasteiger partial charge in [-0.2, -0.15) is 0 Å². The van der Waals surface area contributed by atoms with E-state index in [1.54, 1.807) is 18.2 Å². The zero-order valence-corrected chi connectivity index (χ0v) is 14.7. The Morgan fingerprint density at radius 3 is 2.54 bits per heavy atom. The summed E-state index contributed by atoms with van der Waals surface area (Å²) in [6.45, 7) is 2.00. The van der Waals surface area contributed by atoms with E-state index in [0.29, 0.717) is 27.7 Å². The fourth-order valence-corrected chi connectivity index (χ4v) is 2.92. The summed E-state index contributed by atoms with van der Waals surface area (Å²) in [4.78, 5) is 16.7. The highest BCUT2D eigenvalue weighted by Crippen LogP contribution is 2.30. The Hall–Kier alpha value is -3.11. The highest BCUT2D eigenvalue weighted by atomic mass is 35.5. The molecule has 0 atom stereocenters. The van der Waals surface area contributed by atoms with Gasteiger partial charge in [0.15, 0.2) is 0 Å². The van der Waals surface area contributed by atoms with Crippen molar-refractivity contribution in [3.05, 3.63) is 82.9 Å². The molecule has 0 aliphatic carbocycles. The summed E-state index contributed by atoms with van der Waals surface area (Å²) in [7, 11) is 0. The number of amides is 1. The first-order chi connectivity index (χ1) is 12.6. The van der Waals surface area contributed by atoms with Crippen LogP contribution >= 0.6 is 11.6 Å². The number of aryl methyl sites for hydroxylation is 1. The first-order valence-corrected chi connectivity index (χ1v) is 8.51. The molecule has 0 bridgehead atoms. The van der Waals surface area contributed by atoms with Gasteiger partial charge in [0.2, 0.25) is 0 Å². The number of benzene rings is 3. The number of rotatable bonds is 3. The van der Waals surface area contributed by atoms with E-state index in [1.807, 2.05) is 55.5 Å². The van der Waals surface area contributed by atoms with Crippen LogP contribution in [0, 0.1) is 6.92 Å². The monoisotopic (exact) mass is 362 g/mol. The van der Waals surface area contributed by atoms with Gasteiger partial charge < -0.3 is 10.1 Å². The molecule has 5 heteroatoms. The van der Waals surface area contributed by atoms with Gasteiger partial charge in [0.25, 0.3) is 5.91 Å². The number of hydrogen-bond donors (Lipinski definition) is 1. The second-order valence-corrected chi connectivity index (χ2v) is 6.40. The van der Waals surface area contributed by atoms with Gasteiger partial charge in [0, 0.05) is 10.6 Å². The number of carbonyl (C=O) groups excluding carboxylic acids is 1. The number of anilines is 1. The number of hydrogen-bond acceptors (Lipinski definition) is 3. The number of halogens is 1. The maximum Gasteiger partial charge on any atom is 0.275 e. The Labute approximate surface area is 156 Å². The van der Waals surface area contributed by atoms with Gasteiger partial charge in [-0.25, -0.2) is 4.99 Å². The van der Waals surface area contributed by atoms with Crippen molar-refractivity contribution in [2.24, 2.45) is 4.99 Å². The zero-order chi connectivity index (χ0) is 18.1. The van der Waals surface area contributed by atoms with Crippen molar-refractivity contribution in [3.8, 4) is 11.5 Å². The van der Waals surface area contributed by atoms with E-state index in [4.69, 9.17) is 16.3 Å². The summed E-state index contributed by atoms with van der Waals surface area (Å²) in [5.74, 6) is 1.29. The van der Waals surface area contributed by atoms with E-state index in [9.17, 15) is 4.79 Å². The summed E-state index contributed by atoms with van der Waals surface area (Å²) in [6.07, 6.45) is 0. The average Bonchev–Trinajstić information content (AvgIpc) is 2.94. The minimum Gasteiger partial charge on any atom is -0.457 e. The summed E-state index contributed by atoms with van der Waals surface area (Å²) in [5.41, 5.74) is 3.52. The first kappa shape index (κ1) is 16.4. The molecule has 1 heterocycles. The maximum atomic E-state index is 12.2. The Morgan fingerprint density at radius 1 is 1.00 bits per heavy atom. The van der Waals surface area contributed by atoms with Crippen molar-refractivity contribution in [3.63, 3.8) is 0 Å². The van der Waals surface area contributed by atoms with Crippen molar-refractivity contribution < 1.29 is 9.53 Å². The SMILES string of the molecule is Cc1ccccc1Oc1ccc(N=C2C(=O)Nc3ccc(Cl)cc32)cc1. The first-order valence-electron chi connectivity index (χ1n) is 8.14. The Morgan fingerprint density at radius 2 is 1.77 bits per heavy atom. The molecule has 1 aliphatic heterocycles. The summed E-state index contributed by atoms with van der Waals surface area (Å²) in [6, 6.07) is 20.4. The maximum absolute atomic E-state index is 12.2. The van der Waals surface area contributed by atoms with Gasteiger partial charge in [0.05, 0.1) is 11.4 Å². The van der Waals surface area contributed by atoms with Crippen LogP contribution in [-0.2, 0) is 4.79 Å². The molecule has 1 aliphatic rings. The smallest absolute Gasteiger partial charge is 0.275 e. The van der Waals surface area contributed by atoms with Crippen LogP contribution < -0.4 is 10.1 Å². The van der Waals surface area contributed by atoms with Gasteiger partial charge >= 0.3 is 0 Å². The fraction of sp³-hybridized carbons (Fsp3) is 0.0476. The number of ether oxygens (including phenoxy) is 1. The summed E-state index contributed by atoms with van der Waals surface area (Å²) >= 11 is 6.04. The Bertz CT molecular complexity index is 1030. The molecule has 0 fully saturated rings. The van der Waals surface area contributed by atoms with Gasteiger partial charge in [-0.15, -0.1) is 0 Å². The van der Waals surface area contributed by atoms with Crippen LogP contribution in [0.5, 0.6) is 11.5 Å². The number of fused-ring (bicyclic) bond motifs is 1. The van der Waals surface area contributed by atoms with Gasteiger partial charge in [-0.3, -0.25) is 4.79 Å². The zero-order valence-electron chi connectivity index (χ0n) is 14.0. The normalized spacial score (nSPS) is 14.2. The third-order valence-corrected chi connectivity index (χ3v) is 4.33. The largest absolute Gasteiger partial charge is 0.457 e. The summed E-state index contributed by atoms with van der Waals surface area (Å²) < 4.78 is 5.88. The van der Waals surface area contributed by atoms with Gasteiger partial charge in [-0.1, -0.05) is 29.8 Å². The second kappa shape index (κ2) is 6.65. The molecule has 3 aromatic carbocycles. The van der Waals surface area contributed by atoms with Crippen molar-refractivity contribution in [1.29, 1.82) is 0 Å². The number of aliphatic imine (C=N–C) groups is 1. The molecule has 26 heavy (non-hydrogen) atoms. The quantitative estimate of drug-likeness (QED) is 0.667. The molecule has 4 nitrogen and oxygen atoms in total. The molecule has 4 rings (SSSR count). The lowest BCUT2D eigenvalue weighted by Gasteiger charge is -2.08. The third-order valence-electron chi connectivity index (χ3n) is 4.10. The predicted octanol–water partition coefficient (Wildman–Crippen LogP) is 5.51. The highest BCUT2D eigenvalue weighted by Gasteiger charge is 2.26. The lowest BCUT2D eigenvalue weighted by atomic mass is 10.1. The van der Waals surface area contributed by atoms with Crippen molar-refractivity contribution in [2.45, 2.75) is 6.92 Å². The van der Waals surface area contributed by atoms with Crippen LogP contribution in [0.1, 0.15) is 11.1 Å². The minimum absolute atomic E-state index is 0.234. The Kier molecular flexibility index (Phi) is 4.19. The highest BCUT2D eigenvalue weighted by molar-refractivity contribution is 6.54. The molecule has 0 spiro atoms. The number of nitrogens with zero attached hydrogens (tertiary/aromatic N) is 1. The fourth-order valence-electron chi connectivity index (χ4n) is 2.75. The third kappa shape index (κ3) is 3.19. The van der Waals surface area contributed by atoms with Crippen molar-refractivity contribution >= 4 is 34.6 Å². The molecule has 0 saturated heterocycles. The Balaban J connectivity index is 1.60. The number of carbonyl (C=O) groups is 1. The topological polar surface area (TPSA) is 50.7 Å². The lowest BCUT2D eigenvalue weighted by Crippen LogP contribution is -2.13. The van der Waals surface area contributed by atoms with E-state index in [-0.39, 0.29) is 5.91 Å². The standard InChI is InChI=1S/C21H15ClN2O2/c1-13-4-2-3-5-19(13)26-16-9-7-15(8-10-16)23-20-17-12-14(22)6-11-18(17)24-21(20)25/h2-12H,1H3,(H,23,24,25). The second-order valence-electron chi connectivity index (χ2n) is 5.97. The van der Waals surface area contributed by atoms with E-state index in [2.05, 4.69) is 10.3 Å². The molecule has 0 saturated carbocycles. The lowest BCUT2D eigenvalue weighted by molar-refractivity contribution is -0.110. The van der Waals surface area contributed by atoms with Crippen LogP contribution in [0.3, 0.4) is 0 Å². The van der Waals surface area contributed by atoms with Gasteiger partial charge in [0.1, 0.15) is 17.2 Å². The predicted molar refractivity (Wildman–Crippen MR) is 104 cm³/mol. The van der Waals surface area contributed by atoms with Crippen molar-refractivity contribution in [1.82, 2.24) is 0 Å². The molecule has 0 unspecified atom stereocenters.